The number of nitrogens with one attached hydrogen (secondary N) is 1. The van der Waals surface area contributed by atoms with E-state index in [2.05, 4.69) is 11.9 Å². The van der Waals surface area contributed by atoms with Crippen LogP contribution in [0.4, 0.5) is 10.5 Å². The third-order valence-corrected chi connectivity index (χ3v) is 6.28. The van der Waals surface area contributed by atoms with Gasteiger partial charge in [0.2, 0.25) is 0 Å². The molecule has 0 saturated carbocycles. The van der Waals surface area contributed by atoms with Crippen molar-refractivity contribution in [1.82, 2.24) is 5.32 Å². The number of carbonyl (C=O) groups excluding carboxylic acids is 3. The number of imide groups is 2. The van der Waals surface area contributed by atoms with Crippen molar-refractivity contribution in [2.24, 2.45) is 0 Å². The third-order valence-electron chi connectivity index (χ3n) is 5.87. The first-order valence-electron chi connectivity index (χ1n) is 12.1. The summed E-state index contributed by atoms with van der Waals surface area (Å²) in [5.41, 5.74) is 3.15. The zero-order valence-electron chi connectivity index (χ0n) is 21.1. The number of nitrogens with zero attached hydrogens (tertiary/aromatic N) is 1. The minimum absolute atomic E-state index is 0.203. The van der Waals surface area contributed by atoms with Crippen molar-refractivity contribution in [1.29, 1.82) is 0 Å². The zero-order chi connectivity index (χ0) is 27.2. The summed E-state index contributed by atoms with van der Waals surface area (Å²) in [7, 11) is 0. The quantitative estimate of drug-likeness (QED) is 0.208. The number of rotatable bonds is 9. The van der Waals surface area contributed by atoms with Gasteiger partial charge in [-0.15, -0.1) is 6.58 Å². The summed E-state index contributed by atoms with van der Waals surface area (Å²) >= 11 is 6.21. The van der Waals surface area contributed by atoms with Gasteiger partial charge in [-0.1, -0.05) is 54.1 Å². The van der Waals surface area contributed by atoms with Crippen molar-refractivity contribution in [3.63, 3.8) is 0 Å². The van der Waals surface area contributed by atoms with E-state index in [1.54, 1.807) is 24.3 Å². The highest BCUT2D eigenvalue weighted by Crippen LogP contribution is 2.36. The molecule has 1 aliphatic rings. The number of hydrogen-bond donors (Lipinski definition) is 1. The molecule has 4 rings (SSSR count). The maximum atomic E-state index is 13.4. The number of hydrogen-bond acceptors (Lipinski definition) is 5. The van der Waals surface area contributed by atoms with E-state index >= 15 is 0 Å². The molecule has 7 nitrogen and oxygen atoms in total. The predicted molar refractivity (Wildman–Crippen MR) is 147 cm³/mol. The van der Waals surface area contributed by atoms with E-state index < -0.39 is 17.8 Å². The second kappa shape index (κ2) is 11.8. The average molecular weight is 531 g/mol. The molecule has 194 valence electrons. The van der Waals surface area contributed by atoms with Crippen molar-refractivity contribution in [3.05, 3.63) is 106 Å². The standard InChI is InChI=1S/C30H27ClN2O5/c1-4-9-22-14-21(16-26(37-5-2)27(22)38-18-20-10-7-6-8-11-20)15-24-28(34)32-30(36)33(29(24)35)23-13-12-19(3)25(31)17-23/h4,6-8,10-17H,1,5,9,18H2,2-3H3,(H,32,34,36)/b24-15-. The minimum atomic E-state index is -0.843. The Morgan fingerprint density at radius 1 is 1.03 bits per heavy atom. The van der Waals surface area contributed by atoms with E-state index in [4.69, 9.17) is 21.1 Å². The summed E-state index contributed by atoms with van der Waals surface area (Å²) in [6.45, 7) is 8.22. The van der Waals surface area contributed by atoms with E-state index in [-0.39, 0.29) is 11.3 Å². The van der Waals surface area contributed by atoms with Crippen LogP contribution in [0.1, 0.15) is 29.2 Å². The fourth-order valence-electron chi connectivity index (χ4n) is 4.01. The summed E-state index contributed by atoms with van der Waals surface area (Å²) in [6.07, 6.45) is 3.63. The Kier molecular flexibility index (Phi) is 8.28. The molecule has 4 amide bonds. The second-order valence-electron chi connectivity index (χ2n) is 8.60. The normalized spacial score (nSPS) is 14.4. The molecule has 8 heteroatoms. The number of urea groups is 1. The SMILES string of the molecule is C=CCc1cc(/C=C2/C(=O)NC(=O)N(c3ccc(C)c(Cl)c3)C2=O)cc(OCC)c1OCc1ccccc1. The lowest BCUT2D eigenvalue weighted by Gasteiger charge is -2.26. The molecule has 38 heavy (non-hydrogen) atoms. The first-order valence-corrected chi connectivity index (χ1v) is 12.4. The third kappa shape index (κ3) is 5.79. The predicted octanol–water partition coefficient (Wildman–Crippen LogP) is 6.02. The van der Waals surface area contributed by atoms with Crippen LogP contribution in [0.25, 0.3) is 6.08 Å². The van der Waals surface area contributed by atoms with Crippen molar-refractivity contribution in [3.8, 4) is 11.5 Å². The summed E-state index contributed by atoms with van der Waals surface area (Å²) in [5.74, 6) is -0.520. The first kappa shape index (κ1) is 26.7. The highest BCUT2D eigenvalue weighted by molar-refractivity contribution is 6.39. The number of barbiturate groups is 1. The number of carbonyl (C=O) groups is 3. The smallest absolute Gasteiger partial charge is 0.335 e. The lowest BCUT2D eigenvalue weighted by molar-refractivity contribution is -0.122. The summed E-state index contributed by atoms with van der Waals surface area (Å²) in [4.78, 5) is 39.5. The van der Waals surface area contributed by atoms with Gasteiger partial charge in [-0.25, -0.2) is 9.69 Å². The van der Waals surface area contributed by atoms with Gasteiger partial charge >= 0.3 is 6.03 Å². The maximum Gasteiger partial charge on any atom is 0.335 e. The Hall–Kier alpha value is -4.36. The van der Waals surface area contributed by atoms with Crippen LogP contribution in [0.2, 0.25) is 5.02 Å². The molecule has 0 aromatic heterocycles. The number of amides is 4. The van der Waals surface area contributed by atoms with Crippen molar-refractivity contribution in [2.75, 3.05) is 11.5 Å². The van der Waals surface area contributed by atoms with E-state index in [0.29, 0.717) is 41.7 Å². The molecule has 3 aromatic carbocycles. The van der Waals surface area contributed by atoms with Crippen LogP contribution in [0.5, 0.6) is 11.5 Å². The van der Waals surface area contributed by atoms with Crippen LogP contribution in [0, 0.1) is 6.92 Å². The number of allylic oxidation sites excluding steroid dienone is 1. The molecule has 0 bridgehead atoms. The Morgan fingerprint density at radius 2 is 1.79 bits per heavy atom. The van der Waals surface area contributed by atoms with Gasteiger partial charge in [0.15, 0.2) is 11.5 Å². The van der Waals surface area contributed by atoms with Gasteiger partial charge in [0.25, 0.3) is 11.8 Å². The van der Waals surface area contributed by atoms with Crippen LogP contribution >= 0.6 is 11.6 Å². The molecule has 1 heterocycles. The number of aryl methyl sites for hydroxylation is 1. The Bertz CT molecular complexity index is 1430. The van der Waals surface area contributed by atoms with Gasteiger partial charge in [-0.05, 0) is 67.3 Å². The highest BCUT2D eigenvalue weighted by atomic mass is 35.5. The lowest BCUT2D eigenvalue weighted by atomic mass is 10.0. The molecule has 0 spiro atoms. The van der Waals surface area contributed by atoms with Crippen molar-refractivity contribution in [2.45, 2.75) is 26.9 Å². The van der Waals surface area contributed by atoms with Crippen LogP contribution < -0.4 is 19.7 Å². The molecule has 0 atom stereocenters. The van der Waals surface area contributed by atoms with E-state index in [1.807, 2.05) is 50.2 Å². The number of anilines is 1. The van der Waals surface area contributed by atoms with Crippen LogP contribution in [0.15, 0.2) is 78.9 Å². The molecule has 1 N–H and O–H groups in total. The number of halogens is 1. The molecule has 0 unspecified atom stereocenters. The second-order valence-corrected chi connectivity index (χ2v) is 9.01. The largest absolute Gasteiger partial charge is 0.490 e. The maximum absolute atomic E-state index is 13.4. The Labute approximate surface area is 226 Å². The molecule has 0 radical (unpaired) electrons. The summed E-state index contributed by atoms with van der Waals surface area (Å²) < 4.78 is 12.0. The number of benzene rings is 3. The zero-order valence-corrected chi connectivity index (χ0v) is 21.9. The van der Waals surface area contributed by atoms with Gasteiger partial charge in [-0.3, -0.25) is 14.9 Å². The van der Waals surface area contributed by atoms with Gasteiger partial charge in [0.1, 0.15) is 12.2 Å². The highest BCUT2D eigenvalue weighted by Gasteiger charge is 2.37. The fourth-order valence-corrected chi connectivity index (χ4v) is 4.18. The Morgan fingerprint density at radius 3 is 2.47 bits per heavy atom. The number of ether oxygens (including phenoxy) is 2. The molecular weight excluding hydrogens is 504 g/mol. The molecule has 1 saturated heterocycles. The van der Waals surface area contributed by atoms with Crippen LogP contribution in [-0.2, 0) is 22.6 Å². The molecular formula is C30H27ClN2O5. The van der Waals surface area contributed by atoms with Crippen LogP contribution in [0.3, 0.4) is 0 Å². The monoisotopic (exact) mass is 530 g/mol. The lowest BCUT2D eigenvalue weighted by Crippen LogP contribution is -2.54. The topological polar surface area (TPSA) is 84.9 Å². The first-order chi connectivity index (χ1) is 18.3. The van der Waals surface area contributed by atoms with Gasteiger partial charge < -0.3 is 9.47 Å². The molecule has 1 fully saturated rings. The fraction of sp³-hybridized carbons (Fsp3) is 0.167. The summed E-state index contributed by atoms with van der Waals surface area (Å²) in [6, 6.07) is 17.2. The van der Waals surface area contributed by atoms with Gasteiger partial charge in [0, 0.05) is 10.6 Å². The van der Waals surface area contributed by atoms with Crippen molar-refractivity contribution < 1.29 is 23.9 Å². The van der Waals surface area contributed by atoms with E-state index in [1.165, 1.54) is 12.1 Å². The molecule has 1 aliphatic heterocycles. The van der Waals surface area contributed by atoms with Gasteiger partial charge in [-0.2, -0.15) is 0 Å². The Balaban J connectivity index is 1.73. The van der Waals surface area contributed by atoms with Gasteiger partial charge in [0.05, 0.1) is 12.3 Å². The van der Waals surface area contributed by atoms with Crippen molar-refractivity contribution >= 4 is 41.2 Å². The molecule has 0 aliphatic carbocycles. The van der Waals surface area contributed by atoms with E-state index in [0.717, 1.165) is 21.6 Å². The summed E-state index contributed by atoms with van der Waals surface area (Å²) in [5, 5.41) is 2.63. The van der Waals surface area contributed by atoms with Crippen LogP contribution in [-0.4, -0.2) is 24.5 Å². The van der Waals surface area contributed by atoms with E-state index in [9.17, 15) is 14.4 Å². The minimum Gasteiger partial charge on any atom is -0.490 e. The molecule has 3 aromatic rings. The average Bonchev–Trinajstić information content (AvgIpc) is 2.89.